The SMILES string of the molecule is CCCCc1nc(C[S@](=O)[C@H](C)c2ccc(C(F)(F)F)cc2)no1. The maximum absolute atomic E-state index is 12.6. The van der Waals surface area contributed by atoms with Crippen LogP contribution < -0.4 is 0 Å². The van der Waals surface area contributed by atoms with Crippen molar-refractivity contribution in [1.82, 2.24) is 10.1 Å². The average Bonchev–Trinajstić information content (AvgIpc) is 2.98. The van der Waals surface area contributed by atoms with Gasteiger partial charge >= 0.3 is 6.18 Å². The van der Waals surface area contributed by atoms with Crippen LogP contribution in [0.3, 0.4) is 0 Å². The number of hydrogen-bond acceptors (Lipinski definition) is 4. The van der Waals surface area contributed by atoms with Gasteiger partial charge in [0.15, 0.2) is 5.82 Å². The molecule has 8 heteroatoms. The Kier molecular flexibility index (Phi) is 6.15. The Bertz CT molecular complexity index is 683. The maximum atomic E-state index is 12.6. The number of nitrogens with zero attached hydrogens (tertiary/aromatic N) is 2. The Balaban J connectivity index is 2.00. The van der Waals surface area contributed by atoms with E-state index in [4.69, 9.17) is 4.52 Å². The van der Waals surface area contributed by atoms with Crippen molar-refractivity contribution in [3.63, 3.8) is 0 Å². The molecule has 24 heavy (non-hydrogen) atoms. The molecule has 2 aromatic rings. The van der Waals surface area contributed by atoms with Gasteiger partial charge in [-0.05, 0) is 31.0 Å². The van der Waals surface area contributed by atoms with Crippen LogP contribution in [0.5, 0.6) is 0 Å². The van der Waals surface area contributed by atoms with Gasteiger partial charge in [0.1, 0.15) is 0 Å². The molecule has 0 saturated carbocycles. The van der Waals surface area contributed by atoms with E-state index in [-0.39, 0.29) is 5.75 Å². The molecule has 0 fully saturated rings. The van der Waals surface area contributed by atoms with Crippen LogP contribution in [0.25, 0.3) is 0 Å². The van der Waals surface area contributed by atoms with Crippen molar-refractivity contribution in [1.29, 1.82) is 0 Å². The van der Waals surface area contributed by atoms with Crippen LogP contribution in [0.4, 0.5) is 13.2 Å². The third-order valence-corrected chi connectivity index (χ3v) is 5.23. The minimum atomic E-state index is -4.37. The molecule has 4 nitrogen and oxygen atoms in total. The van der Waals surface area contributed by atoms with E-state index in [1.54, 1.807) is 6.92 Å². The van der Waals surface area contributed by atoms with Gasteiger partial charge in [0.2, 0.25) is 5.89 Å². The largest absolute Gasteiger partial charge is 0.416 e. The van der Waals surface area contributed by atoms with Crippen molar-refractivity contribution in [2.75, 3.05) is 0 Å². The molecule has 0 bridgehead atoms. The summed E-state index contributed by atoms with van der Waals surface area (Å²) in [5.41, 5.74) is -0.140. The van der Waals surface area contributed by atoms with E-state index < -0.39 is 27.8 Å². The van der Waals surface area contributed by atoms with E-state index in [1.807, 2.05) is 0 Å². The number of aromatic nitrogens is 2. The van der Waals surface area contributed by atoms with E-state index in [9.17, 15) is 17.4 Å². The molecule has 0 aliphatic heterocycles. The quantitative estimate of drug-likeness (QED) is 0.732. The number of rotatable bonds is 7. The molecule has 0 unspecified atom stereocenters. The third kappa shape index (κ3) is 4.90. The van der Waals surface area contributed by atoms with Crippen molar-refractivity contribution < 1.29 is 21.9 Å². The fraction of sp³-hybridized carbons (Fsp3) is 0.500. The number of benzene rings is 1. The number of alkyl halides is 3. The summed E-state index contributed by atoms with van der Waals surface area (Å²) in [7, 11) is -1.35. The van der Waals surface area contributed by atoms with Gasteiger partial charge in [0.05, 0.1) is 16.6 Å². The topological polar surface area (TPSA) is 56.0 Å². The lowest BCUT2D eigenvalue weighted by atomic mass is 10.1. The van der Waals surface area contributed by atoms with Crippen LogP contribution in [0.15, 0.2) is 28.8 Å². The molecule has 0 amide bonds. The number of hydrogen-bond donors (Lipinski definition) is 0. The summed E-state index contributed by atoms with van der Waals surface area (Å²) in [5, 5.41) is 3.38. The fourth-order valence-electron chi connectivity index (χ4n) is 2.13. The monoisotopic (exact) mass is 360 g/mol. The first kappa shape index (κ1) is 18.6. The van der Waals surface area contributed by atoms with Crippen LogP contribution in [0.2, 0.25) is 0 Å². The predicted octanol–water partition coefficient (Wildman–Crippen LogP) is 4.44. The van der Waals surface area contributed by atoms with Crippen molar-refractivity contribution in [3.05, 3.63) is 47.1 Å². The van der Waals surface area contributed by atoms with Gasteiger partial charge in [-0.3, -0.25) is 4.21 Å². The van der Waals surface area contributed by atoms with E-state index in [0.717, 1.165) is 25.0 Å². The molecule has 2 atom stereocenters. The molecular weight excluding hydrogens is 341 g/mol. The summed E-state index contributed by atoms with van der Waals surface area (Å²) in [5.74, 6) is 0.988. The second kappa shape index (κ2) is 7.92. The van der Waals surface area contributed by atoms with Gasteiger partial charge < -0.3 is 4.52 Å². The highest BCUT2D eigenvalue weighted by molar-refractivity contribution is 7.84. The highest BCUT2D eigenvalue weighted by Gasteiger charge is 2.30. The van der Waals surface area contributed by atoms with Crippen molar-refractivity contribution >= 4 is 10.8 Å². The lowest BCUT2D eigenvalue weighted by Crippen LogP contribution is -2.08. The van der Waals surface area contributed by atoms with Crippen molar-refractivity contribution in [3.8, 4) is 0 Å². The Morgan fingerprint density at radius 1 is 1.25 bits per heavy atom. The zero-order valence-electron chi connectivity index (χ0n) is 13.5. The summed E-state index contributed by atoms with van der Waals surface area (Å²) in [6, 6.07) is 4.71. The summed E-state index contributed by atoms with van der Waals surface area (Å²) < 4.78 is 55.2. The molecule has 1 aromatic heterocycles. The number of unbranched alkanes of at least 4 members (excludes halogenated alkanes) is 1. The molecule has 0 aliphatic carbocycles. The molecular formula is C16H19F3N2O2S. The smallest absolute Gasteiger partial charge is 0.339 e. The normalized spacial score (nSPS) is 14.5. The summed E-state index contributed by atoms with van der Waals surface area (Å²) in [6.45, 7) is 3.76. The Labute approximate surface area is 140 Å². The zero-order valence-corrected chi connectivity index (χ0v) is 14.3. The summed E-state index contributed by atoms with van der Waals surface area (Å²) in [4.78, 5) is 4.19. The van der Waals surface area contributed by atoms with Crippen LogP contribution in [0, 0.1) is 0 Å². The molecule has 1 heterocycles. The Morgan fingerprint density at radius 2 is 1.92 bits per heavy atom. The highest BCUT2D eigenvalue weighted by atomic mass is 32.2. The molecule has 2 rings (SSSR count). The zero-order chi connectivity index (χ0) is 17.7. The predicted molar refractivity (Wildman–Crippen MR) is 84.6 cm³/mol. The lowest BCUT2D eigenvalue weighted by molar-refractivity contribution is -0.137. The minimum Gasteiger partial charge on any atom is -0.339 e. The average molecular weight is 360 g/mol. The van der Waals surface area contributed by atoms with E-state index >= 15 is 0 Å². The van der Waals surface area contributed by atoms with Gasteiger partial charge in [-0.25, -0.2) is 0 Å². The van der Waals surface area contributed by atoms with Crippen LogP contribution in [0.1, 0.15) is 54.8 Å². The van der Waals surface area contributed by atoms with Crippen LogP contribution in [-0.4, -0.2) is 14.3 Å². The first-order valence-corrected chi connectivity index (χ1v) is 9.05. The summed E-state index contributed by atoms with van der Waals surface area (Å²) >= 11 is 0. The molecule has 0 aliphatic rings. The molecule has 0 saturated heterocycles. The second-order valence-corrected chi connectivity index (χ2v) is 7.25. The van der Waals surface area contributed by atoms with Gasteiger partial charge in [-0.2, -0.15) is 18.2 Å². The highest BCUT2D eigenvalue weighted by Crippen LogP contribution is 2.31. The van der Waals surface area contributed by atoms with E-state index in [1.165, 1.54) is 12.1 Å². The molecule has 0 N–H and O–H groups in total. The molecule has 132 valence electrons. The lowest BCUT2D eigenvalue weighted by Gasteiger charge is -2.12. The van der Waals surface area contributed by atoms with Gasteiger partial charge in [-0.15, -0.1) is 0 Å². The maximum Gasteiger partial charge on any atom is 0.416 e. The van der Waals surface area contributed by atoms with Gasteiger partial charge in [-0.1, -0.05) is 30.6 Å². The van der Waals surface area contributed by atoms with Crippen LogP contribution in [-0.2, 0) is 29.1 Å². The first-order valence-electron chi connectivity index (χ1n) is 7.67. The molecule has 1 aromatic carbocycles. The molecule has 0 radical (unpaired) electrons. The van der Waals surface area contributed by atoms with E-state index in [0.29, 0.717) is 23.7 Å². The minimum absolute atomic E-state index is 0.109. The Morgan fingerprint density at radius 3 is 2.50 bits per heavy atom. The van der Waals surface area contributed by atoms with E-state index in [2.05, 4.69) is 17.1 Å². The first-order chi connectivity index (χ1) is 11.3. The standard InChI is InChI=1S/C16H19F3N2O2S/c1-3-4-5-15-20-14(21-23-15)10-24(22)11(2)12-6-8-13(9-7-12)16(17,18)19/h6-9,11H,3-5,10H2,1-2H3/t11-,24+/m1/s1. The summed E-state index contributed by atoms with van der Waals surface area (Å²) in [6.07, 6.45) is -1.74. The number of halogens is 3. The fourth-order valence-corrected chi connectivity index (χ4v) is 3.21. The number of aryl methyl sites for hydroxylation is 1. The van der Waals surface area contributed by atoms with Crippen molar-refractivity contribution in [2.45, 2.75) is 50.3 Å². The Hall–Kier alpha value is -1.70. The van der Waals surface area contributed by atoms with Crippen LogP contribution >= 0.6 is 0 Å². The van der Waals surface area contributed by atoms with Gasteiger partial charge in [0.25, 0.3) is 0 Å². The molecule has 0 spiro atoms. The second-order valence-electron chi connectivity index (χ2n) is 5.49. The van der Waals surface area contributed by atoms with Gasteiger partial charge in [0, 0.05) is 17.2 Å². The van der Waals surface area contributed by atoms with Crippen molar-refractivity contribution in [2.24, 2.45) is 0 Å². The third-order valence-electron chi connectivity index (χ3n) is 3.63.